The summed E-state index contributed by atoms with van der Waals surface area (Å²) in [5.41, 5.74) is 2.78. The smallest absolute Gasteiger partial charge is 0.262 e. The van der Waals surface area contributed by atoms with E-state index in [4.69, 9.17) is 9.47 Å². The van der Waals surface area contributed by atoms with E-state index in [2.05, 4.69) is 10.6 Å². The zero-order valence-corrected chi connectivity index (χ0v) is 16.2. The second-order valence-corrected chi connectivity index (χ2v) is 7.12. The summed E-state index contributed by atoms with van der Waals surface area (Å²) in [4.78, 5) is 38.3. The number of carbonyl (C=O) groups excluding carboxylic acids is 3. The lowest BCUT2D eigenvalue weighted by molar-refractivity contribution is -0.122. The minimum Gasteiger partial charge on any atom is -0.495 e. The highest BCUT2D eigenvalue weighted by molar-refractivity contribution is 6.04. The highest BCUT2D eigenvalue weighted by atomic mass is 16.5. The maximum atomic E-state index is 12.7. The zero-order chi connectivity index (χ0) is 20.5. The monoisotopic (exact) mass is 395 g/mol. The van der Waals surface area contributed by atoms with Gasteiger partial charge in [-0.1, -0.05) is 6.07 Å². The van der Waals surface area contributed by atoms with Crippen LogP contribution in [-0.4, -0.2) is 38.0 Å². The summed E-state index contributed by atoms with van der Waals surface area (Å²) in [5, 5.41) is 5.54. The van der Waals surface area contributed by atoms with Crippen molar-refractivity contribution in [2.45, 2.75) is 13.3 Å². The van der Waals surface area contributed by atoms with Crippen molar-refractivity contribution in [3.05, 3.63) is 42.0 Å². The fourth-order valence-corrected chi connectivity index (χ4v) is 3.52. The van der Waals surface area contributed by atoms with Crippen LogP contribution in [0.15, 0.2) is 36.4 Å². The Labute approximate surface area is 167 Å². The molecule has 0 bridgehead atoms. The Kier molecular flexibility index (Phi) is 4.84. The number of fused-ring (bicyclic) bond motifs is 1. The van der Waals surface area contributed by atoms with Gasteiger partial charge in [-0.25, -0.2) is 0 Å². The molecule has 150 valence electrons. The van der Waals surface area contributed by atoms with Crippen molar-refractivity contribution >= 4 is 34.8 Å². The van der Waals surface area contributed by atoms with Crippen molar-refractivity contribution in [1.82, 2.24) is 0 Å². The van der Waals surface area contributed by atoms with E-state index in [9.17, 15) is 14.4 Å². The number of anilines is 3. The van der Waals surface area contributed by atoms with Crippen LogP contribution in [-0.2, 0) is 14.4 Å². The molecule has 0 aromatic heterocycles. The van der Waals surface area contributed by atoms with Crippen molar-refractivity contribution < 1.29 is 23.9 Å². The van der Waals surface area contributed by atoms with E-state index >= 15 is 0 Å². The first-order valence-corrected chi connectivity index (χ1v) is 9.27. The van der Waals surface area contributed by atoms with Gasteiger partial charge in [-0.15, -0.1) is 0 Å². The summed E-state index contributed by atoms with van der Waals surface area (Å²) in [6, 6.07) is 10.6. The summed E-state index contributed by atoms with van der Waals surface area (Å²) in [6.07, 6.45) is 0.125. The normalized spacial score (nSPS) is 18.0. The topological polar surface area (TPSA) is 97.0 Å². The van der Waals surface area contributed by atoms with Crippen LogP contribution in [0.4, 0.5) is 17.1 Å². The molecule has 2 aromatic rings. The van der Waals surface area contributed by atoms with Gasteiger partial charge in [0.15, 0.2) is 6.61 Å². The number of methoxy groups -OCH3 is 1. The molecular formula is C21H21N3O5. The van der Waals surface area contributed by atoms with Crippen molar-refractivity contribution in [3.8, 4) is 11.5 Å². The maximum Gasteiger partial charge on any atom is 0.262 e. The van der Waals surface area contributed by atoms with E-state index in [1.807, 2.05) is 25.1 Å². The van der Waals surface area contributed by atoms with Crippen molar-refractivity contribution in [1.29, 1.82) is 0 Å². The number of hydrogen-bond donors (Lipinski definition) is 2. The van der Waals surface area contributed by atoms with Gasteiger partial charge in [-0.3, -0.25) is 14.4 Å². The SMILES string of the molecule is COc1ccc(C)cc1N1CC(C(=O)Nc2ccc3c(c2)OCC(=O)N3)CC1=O. The summed E-state index contributed by atoms with van der Waals surface area (Å²) < 4.78 is 10.7. The summed E-state index contributed by atoms with van der Waals surface area (Å²) in [5.74, 6) is 0.0301. The third-order valence-electron chi connectivity index (χ3n) is 5.00. The quantitative estimate of drug-likeness (QED) is 0.828. The molecule has 4 rings (SSSR count). The van der Waals surface area contributed by atoms with Gasteiger partial charge >= 0.3 is 0 Å². The molecular weight excluding hydrogens is 374 g/mol. The van der Waals surface area contributed by atoms with Crippen molar-refractivity contribution in [2.75, 3.05) is 35.8 Å². The lowest BCUT2D eigenvalue weighted by atomic mass is 10.1. The molecule has 2 aliphatic heterocycles. The first kappa shape index (κ1) is 18.8. The van der Waals surface area contributed by atoms with Gasteiger partial charge in [0.2, 0.25) is 11.8 Å². The number of nitrogens with one attached hydrogen (secondary N) is 2. The van der Waals surface area contributed by atoms with Gasteiger partial charge in [0, 0.05) is 24.7 Å². The van der Waals surface area contributed by atoms with Crippen LogP contribution in [0.25, 0.3) is 0 Å². The number of rotatable bonds is 4. The molecule has 0 spiro atoms. The summed E-state index contributed by atoms with van der Waals surface area (Å²) in [7, 11) is 1.56. The van der Waals surface area contributed by atoms with Crippen LogP contribution in [0.2, 0.25) is 0 Å². The van der Waals surface area contributed by atoms with E-state index in [0.717, 1.165) is 5.56 Å². The Morgan fingerprint density at radius 2 is 2.07 bits per heavy atom. The van der Waals surface area contributed by atoms with Crippen LogP contribution >= 0.6 is 0 Å². The average molecular weight is 395 g/mol. The molecule has 8 nitrogen and oxygen atoms in total. The molecule has 3 amide bonds. The highest BCUT2D eigenvalue weighted by Crippen LogP contribution is 2.35. The molecule has 2 aliphatic rings. The molecule has 1 saturated heterocycles. The van der Waals surface area contributed by atoms with Crippen molar-refractivity contribution in [2.24, 2.45) is 5.92 Å². The molecule has 1 fully saturated rings. The number of carbonyl (C=O) groups is 3. The van der Waals surface area contributed by atoms with E-state index in [1.165, 1.54) is 0 Å². The molecule has 2 N–H and O–H groups in total. The maximum absolute atomic E-state index is 12.7. The van der Waals surface area contributed by atoms with Crippen LogP contribution in [0.5, 0.6) is 11.5 Å². The van der Waals surface area contributed by atoms with Gasteiger partial charge in [0.1, 0.15) is 11.5 Å². The predicted molar refractivity (Wildman–Crippen MR) is 107 cm³/mol. The van der Waals surface area contributed by atoms with Gasteiger partial charge in [0.05, 0.1) is 24.4 Å². The minimum absolute atomic E-state index is 0.0607. The van der Waals surface area contributed by atoms with E-state index < -0.39 is 5.92 Å². The molecule has 2 heterocycles. The van der Waals surface area contributed by atoms with E-state index in [0.29, 0.717) is 28.6 Å². The third-order valence-corrected chi connectivity index (χ3v) is 5.00. The van der Waals surface area contributed by atoms with Crippen LogP contribution in [0.3, 0.4) is 0 Å². The van der Waals surface area contributed by atoms with Gasteiger partial charge in [-0.05, 0) is 36.8 Å². The fraction of sp³-hybridized carbons (Fsp3) is 0.286. The van der Waals surface area contributed by atoms with Gasteiger partial charge in [0.25, 0.3) is 5.91 Å². The standard InChI is InChI=1S/C21H21N3O5/c1-12-3-6-17(28-2)16(7-12)24-10-13(8-20(24)26)21(27)22-14-4-5-15-18(9-14)29-11-19(25)23-15/h3-7,9,13H,8,10-11H2,1-2H3,(H,22,27)(H,23,25). The van der Waals surface area contributed by atoms with Gasteiger partial charge < -0.3 is 25.0 Å². The molecule has 0 aliphatic carbocycles. The second-order valence-electron chi connectivity index (χ2n) is 7.12. The fourth-order valence-electron chi connectivity index (χ4n) is 3.52. The van der Waals surface area contributed by atoms with Crippen molar-refractivity contribution in [3.63, 3.8) is 0 Å². The summed E-state index contributed by atoms with van der Waals surface area (Å²) in [6.45, 7) is 2.16. The molecule has 1 atom stereocenters. The van der Waals surface area contributed by atoms with E-state index in [-0.39, 0.29) is 37.3 Å². The zero-order valence-electron chi connectivity index (χ0n) is 16.2. The summed E-state index contributed by atoms with van der Waals surface area (Å²) >= 11 is 0. The molecule has 0 saturated carbocycles. The Hall–Kier alpha value is -3.55. The number of hydrogen-bond acceptors (Lipinski definition) is 5. The highest BCUT2D eigenvalue weighted by Gasteiger charge is 2.36. The number of aryl methyl sites for hydroxylation is 1. The second kappa shape index (κ2) is 7.46. The lowest BCUT2D eigenvalue weighted by Crippen LogP contribution is -2.28. The molecule has 2 aromatic carbocycles. The first-order valence-electron chi connectivity index (χ1n) is 9.27. The molecule has 0 radical (unpaired) electrons. The minimum atomic E-state index is -0.482. The average Bonchev–Trinajstić information content (AvgIpc) is 3.09. The molecule has 8 heteroatoms. The predicted octanol–water partition coefficient (Wildman–Crippen LogP) is 2.33. The molecule has 1 unspecified atom stereocenters. The first-order chi connectivity index (χ1) is 13.9. The van der Waals surface area contributed by atoms with Crippen LogP contribution < -0.4 is 25.0 Å². The number of nitrogens with zero attached hydrogens (tertiary/aromatic N) is 1. The third kappa shape index (κ3) is 3.73. The Balaban J connectivity index is 1.48. The number of amides is 3. The van der Waals surface area contributed by atoms with Gasteiger partial charge in [-0.2, -0.15) is 0 Å². The van der Waals surface area contributed by atoms with E-state index in [1.54, 1.807) is 30.2 Å². The number of ether oxygens (including phenoxy) is 2. The lowest BCUT2D eigenvalue weighted by Gasteiger charge is -2.20. The Morgan fingerprint density at radius 1 is 1.24 bits per heavy atom. The Morgan fingerprint density at radius 3 is 2.86 bits per heavy atom. The number of benzene rings is 2. The largest absolute Gasteiger partial charge is 0.495 e. The van der Waals surface area contributed by atoms with Crippen LogP contribution in [0.1, 0.15) is 12.0 Å². The molecule has 29 heavy (non-hydrogen) atoms. The van der Waals surface area contributed by atoms with Crippen LogP contribution in [0, 0.1) is 12.8 Å². The Bertz CT molecular complexity index is 1000.